The first-order chi connectivity index (χ1) is 2.81. The summed E-state index contributed by atoms with van der Waals surface area (Å²) in [6, 6.07) is -0.468. The Morgan fingerprint density at radius 3 is 2.50 bits per heavy atom. The quantitative estimate of drug-likeness (QED) is 0.489. The first-order valence-electron chi connectivity index (χ1n) is 1.75. The highest BCUT2D eigenvalue weighted by Gasteiger charge is 1.87. The third kappa shape index (κ3) is 1.91. The molecule has 0 fully saturated rings. The van der Waals surface area contributed by atoms with Gasteiger partial charge >= 0.3 is 0 Å². The van der Waals surface area contributed by atoms with Crippen LogP contribution in [0.4, 0.5) is 4.39 Å². The fourth-order valence-corrected chi connectivity index (χ4v) is 0.0630. The summed E-state index contributed by atoms with van der Waals surface area (Å²) in [5.74, 6) is 0. The van der Waals surface area contributed by atoms with Crippen molar-refractivity contribution in [2.75, 3.05) is 6.67 Å². The summed E-state index contributed by atoms with van der Waals surface area (Å²) < 4.78 is 11.2. The predicted molar refractivity (Wildman–Crippen MR) is 24.1 cm³/mol. The molecule has 0 spiro atoms. The smallest absolute Gasteiger partial charge is 0.108 e. The first kappa shape index (κ1) is 5.63. The van der Waals surface area contributed by atoms with Crippen molar-refractivity contribution in [3.05, 3.63) is 12.7 Å². The van der Waals surface area contributed by atoms with Gasteiger partial charge in [0.1, 0.15) is 6.67 Å². The molecule has 0 aromatic carbocycles. The molecule has 0 aromatic heterocycles. The molecular weight excluding hydrogens is 81.0 g/mol. The van der Waals surface area contributed by atoms with Crippen LogP contribution in [0.15, 0.2) is 12.7 Å². The minimum Gasteiger partial charge on any atom is -0.322 e. The third-order valence-electron chi connectivity index (χ3n) is 0.481. The number of hydrogen-bond donors (Lipinski definition) is 1. The van der Waals surface area contributed by atoms with Crippen LogP contribution in [0.2, 0.25) is 0 Å². The molecule has 1 nitrogen and oxygen atoms in total. The van der Waals surface area contributed by atoms with E-state index in [4.69, 9.17) is 5.73 Å². The molecular formula is C4H8FN. The van der Waals surface area contributed by atoms with Crippen LogP contribution in [-0.4, -0.2) is 12.7 Å². The van der Waals surface area contributed by atoms with Crippen LogP contribution >= 0.6 is 0 Å². The normalized spacial score (nSPS) is 13.7. The molecule has 0 radical (unpaired) electrons. The molecule has 0 rings (SSSR count). The Bertz CT molecular complexity index is 44.8. The van der Waals surface area contributed by atoms with Gasteiger partial charge < -0.3 is 5.73 Å². The highest BCUT2D eigenvalue weighted by atomic mass is 19.1. The molecule has 6 heavy (non-hydrogen) atoms. The maximum Gasteiger partial charge on any atom is 0.108 e. The van der Waals surface area contributed by atoms with E-state index in [2.05, 4.69) is 6.58 Å². The van der Waals surface area contributed by atoms with E-state index in [0.717, 1.165) is 0 Å². The third-order valence-corrected chi connectivity index (χ3v) is 0.481. The van der Waals surface area contributed by atoms with Gasteiger partial charge in [-0.2, -0.15) is 0 Å². The molecule has 0 amide bonds. The maximum absolute atomic E-state index is 11.2. The van der Waals surface area contributed by atoms with E-state index >= 15 is 0 Å². The van der Waals surface area contributed by atoms with Gasteiger partial charge in [0.2, 0.25) is 0 Å². The lowest BCUT2D eigenvalue weighted by molar-refractivity contribution is 0.465. The second-order valence-corrected chi connectivity index (χ2v) is 1.05. The predicted octanol–water partition coefficient (Wildman–Crippen LogP) is 0.469. The molecule has 2 heteroatoms. The molecule has 1 unspecified atom stereocenters. The minimum absolute atomic E-state index is 0.468. The lowest BCUT2D eigenvalue weighted by Crippen LogP contribution is -2.17. The highest BCUT2D eigenvalue weighted by molar-refractivity contribution is 4.80. The van der Waals surface area contributed by atoms with Crippen LogP contribution in [0.3, 0.4) is 0 Å². The van der Waals surface area contributed by atoms with Crippen LogP contribution in [0.1, 0.15) is 0 Å². The Labute approximate surface area is 36.6 Å². The zero-order chi connectivity index (χ0) is 4.99. The fraction of sp³-hybridized carbons (Fsp3) is 0.500. The molecule has 0 aromatic rings. The number of rotatable bonds is 2. The Kier molecular flexibility index (Phi) is 2.67. The summed E-state index contributed by atoms with van der Waals surface area (Å²) in [7, 11) is 0. The molecule has 0 aliphatic carbocycles. The van der Waals surface area contributed by atoms with Gasteiger partial charge in [-0.15, -0.1) is 6.58 Å². The van der Waals surface area contributed by atoms with E-state index in [1.807, 2.05) is 0 Å². The first-order valence-corrected chi connectivity index (χ1v) is 1.75. The summed E-state index contributed by atoms with van der Waals surface area (Å²) in [4.78, 5) is 0. The lowest BCUT2D eigenvalue weighted by Gasteiger charge is -1.92. The van der Waals surface area contributed by atoms with Crippen molar-refractivity contribution >= 4 is 0 Å². The Morgan fingerprint density at radius 1 is 2.00 bits per heavy atom. The molecule has 36 valence electrons. The highest BCUT2D eigenvalue weighted by Crippen LogP contribution is 1.76. The molecule has 0 saturated carbocycles. The SMILES string of the molecule is C=CC(N)CF. The summed E-state index contributed by atoms with van der Waals surface area (Å²) in [6.07, 6.45) is 1.38. The van der Waals surface area contributed by atoms with Gasteiger partial charge in [0.15, 0.2) is 0 Å². The maximum atomic E-state index is 11.2. The lowest BCUT2D eigenvalue weighted by atomic mass is 10.4. The van der Waals surface area contributed by atoms with E-state index in [9.17, 15) is 4.39 Å². The van der Waals surface area contributed by atoms with Crippen molar-refractivity contribution in [3.63, 3.8) is 0 Å². The fourth-order valence-electron chi connectivity index (χ4n) is 0.0630. The van der Waals surface area contributed by atoms with E-state index in [1.54, 1.807) is 0 Å². The van der Waals surface area contributed by atoms with E-state index < -0.39 is 12.7 Å². The van der Waals surface area contributed by atoms with Crippen molar-refractivity contribution in [1.82, 2.24) is 0 Å². The van der Waals surface area contributed by atoms with Crippen LogP contribution in [0, 0.1) is 0 Å². The minimum atomic E-state index is -0.510. The second-order valence-electron chi connectivity index (χ2n) is 1.05. The van der Waals surface area contributed by atoms with Gasteiger partial charge in [0.05, 0.1) is 6.04 Å². The topological polar surface area (TPSA) is 26.0 Å². The van der Waals surface area contributed by atoms with Crippen molar-refractivity contribution in [2.45, 2.75) is 6.04 Å². The molecule has 1 atom stereocenters. The van der Waals surface area contributed by atoms with Gasteiger partial charge in [0.25, 0.3) is 0 Å². The van der Waals surface area contributed by atoms with Gasteiger partial charge in [-0.3, -0.25) is 0 Å². The van der Waals surface area contributed by atoms with Crippen LogP contribution in [0.25, 0.3) is 0 Å². The van der Waals surface area contributed by atoms with Crippen LogP contribution in [0.5, 0.6) is 0 Å². The zero-order valence-corrected chi connectivity index (χ0v) is 3.52. The second kappa shape index (κ2) is 2.85. The summed E-state index contributed by atoms with van der Waals surface area (Å²) in [5.41, 5.74) is 4.98. The van der Waals surface area contributed by atoms with Crippen molar-refractivity contribution in [2.24, 2.45) is 5.73 Å². The van der Waals surface area contributed by atoms with E-state index in [1.165, 1.54) is 6.08 Å². The molecule has 0 heterocycles. The Hall–Kier alpha value is -0.370. The largest absolute Gasteiger partial charge is 0.322 e. The summed E-state index contributed by atoms with van der Waals surface area (Å²) in [6.45, 7) is 2.76. The standard InChI is InChI=1S/C4H8FN/c1-2-4(6)3-5/h2,4H,1,3,6H2. The Balaban J connectivity index is 2.96. The average Bonchev–Trinajstić information content (AvgIpc) is 1.65. The molecule has 0 bridgehead atoms. The number of nitrogens with two attached hydrogens (primary N) is 1. The molecule has 2 N–H and O–H groups in total. The summed E-state index contributed by atoms with van der Waals surface area (Å²) in [5, 5.41) is 0. The van der Waals surface area contributed by atoms with Gasteiger partial charge in [0, 0.05) is 0 Å². The van der Waals surface area contributed by atoms with Gasteiger partial charge in [-0.25, -0.2) is 4.39 Å². The number of halogens is 1. The van der Waals surface area contributed by atoms with E-state index in [0.29, 0.717) is 0 Å². The zero-order valence-electron chi connectivity index (χ0n) is 3.52. The van der Waals surface area contributed by atoms with Gasteiger partial charge in [-0.05, 0) is 0 Å². The van der Waals surface area contributed by atoms with Crippen LogP contribution < -0.4 is 5.73 Å². The molecule has 0 aliphatic heterocycles. The average molecular weight is 89.1 g/mol. The van der Waals surface area contributed by atoms with Crippen LogP contribution in [-0.2, 0) is 0 Å². The van der Waals surface area contributed by atoms with Crippen molar-refractivity contribution in [1.29, 1.82) is 0 Å². The number of hydrogen-bond acceptors (Lipinski definition) is 1. The van der Waals surface area contributed by atoms with Crippen molar-refractivity contribution < 1.29 is 4.39 Å². The Morgan fingerprint density at radius 2 is 2.50 bits per heavy atom. The molecule has 0 aliphatic rings. The monoisotopic (exact) mass is 89.1 g/mol. The number of alkyl halides is 1. The van der Waals surface area contributed by atoms with Gasteiger partial charge in [-0.1, -0.05) is 6.08 Å². The molecule has 0 saturated heterocycles. The summed E-state index contributed by atoms with van der Waals surface area (Å²) >= 11 is 0. The van der Waals surface area contributed by atoms with Crippen molar-refractivity contribution in [3.8, 4) is 0 Å². The van der Waals surface area contributed by atoms with E-state index in [-0.39, 0.29) is 0 Å².